The van der Waals surface area contributed by atoms with Crippen LogP contribution in [-0.2, 0) is 7.05 Å². The Balaban J connectivity index is 1.44. The van der Waals surface area contributed by atoms with Crippen molar-refractivity contribution in [2.24, 2.45) is 7.05 Å². The minimum atomic E-state index is -0.502. The van der Waals surface area contributed by atoms with Crippen LogP contribution in [0.15, 0.2) is 83.8 Å². The van der Waals surface area contributed by atoms with E-state index in [0.29, 0.717) is 35.6 Å². The standard InChI is InChI=1S/C35H40N6O3/c1-24-28(13-10-14-30(24)41(35(2,3)4)33(43)25-11-8-7-9-12-25)29-23-39(6)34(44)31(37-29)36-27-17-15-26(16-18-27)32(42)40-21-19-38(5)20-22-40/h7-18,23H,19-22H2,1-6H3,(H,36,37). The number of rotatable bonds is 6. The maximum atomic E-state index is 13.7. The second-order valence-electron chi connectivity index (χ2n) is 12.3. The average molecular weight is 593 g/mol. The first-order valence-corrected chi connectivity index (χ1v) is 14.9. The monoisotopic (exact) mass is 592 g/mol. The summed E-state index contributed by atoms with van der Waals surface area (Å²) in [6, 6.07) is 22.2. The van der Waals surface area contributed by atoms with Gasteiger partial charge in [0.2, 0.25) is 0 Å². The molecule has 1 aromatic heterocycles. The molecule has 44 heavy (non-hydrogen) atoms. The molecule has 1 fully saturated rings. The van der Waals surface area contributed by atoms with Gasteiger partial charge in [-0.3, -0.25) is 14.4 Å². The van der Waals surface area contributed by atoms with Crippen LogP contribution in [0, 0.1) is 6.92 Å². The molecule has 0 bridgehead atoms. The predicted octanol–water partition coefficient (Wildman–Crippen LogP) is 5.33. The summed E-state index contributed by atoms with van der Waals surface area (Å²) < 4.78 is 1.50. The lowest BCUT2D eigenvalue weighted by atomic mass is 9.97. The molecule has 3 aromatic carbocycles. The van der Waals surface area contributed by atoms with Crippen molar-refractivity contribution in [3.05, 3.63) is 106 Å². The van der Waals surface area contributed by atoms with Crippen LogP contribution < -0.4 is 15.8 Å². The van der Waals surface area contributed by atoms with Gasteiger partial charge < -0.3 is 24.6 Å². The summed E-state index contributed by atoms with van der Waals surface area (Å²) in [4.78, 5) is 50.5. The van der Waals surface area contributed by atoms with Gasteiger partial charge in [-0.05, 0) is 82.8 Å². The van der Waals surface area contributed by atoms with Gasteiger partial charge in [0.05, 0.1) is 5.69 Å². The molecule has 9 heteroatoms. The van der Waals surface area contributed by atoms with Gasteiger partial charge in [0, 0.05) is 73.0 Å². The molecule has 2 amide bonds. The number of nitrogens with zero attached hydrogens (tertiary/aromatic N) is 5. The lowest BCUT2D eigenvalue weighted by molar-refractivity contribution is 0.0664. The van der Waals surface area contributed by atoms with Crippen LogP contribution in [0.2, 0.25) is 0 Å². The van der Waals surface area contributed by atoms with Gasteiger partial charge in [-0.1, -0.05) is 30.3 Å². The fourth-order valence-corrected chi connectivity index (χ4v) is 5.47. The lowest BCUT2D eigenvalue weighted by Crippen LogP contribution is -2.47. The van der Waals surface area contributed by atoms with E-state index in [4.69, 9.17) is 4.98 Å². The van der Waals surface area contributed by atoms with E-state index in [1.807, 2.05) is 86.0 Å². The van der Waals surface area contributed by atoms with E-state index in [1.165, 1.54) is 4.57 Å². The number of aryl methyl sites for hydroxylation is 1. The second kappa shape index (κ2) is 12.5. The Labute approximate surface area is 258 Å². The molecule has 1 aliphatic rings. The van der Waals surface area contributed by atoms with Crippen molar-refractivity contribution < 1.29 is 9.59 Å². The summed E-state index contributed by atoms with van der Waals surface area (Å²) in [7, 11) is 3.75. The fourth-order valence-electron chi connectivity index (χ4n) is 5.47. The van der Waals surface area contributed by atoms with Gasteiger partial charge in [-0.25, -0.2) is 4.98 Å². The Morgan fingerprint density at radius 3 is 2.14 bits per heavy atom. The Kier molecular flexibility index (Phi) is 8.69. The summed E-state index contributed by atoms with van der Waals surface area (Å²) in [5.74, 6) is 0.0794. The van der Waals surface area contributed by atoms with Crippen molar-refractivity contribution >= 4 is 29.0 Å². The minimum Gasteiger partial charge on any atom is -0.336 e. The molecule has 1 saturated heterocycles. The molecule has 5 rings (SSSR count). The van der Waals surface area contributed by atoms with Crippen LogP contribution in [0.3, 0.4) is 0 Å². The van der Waals surface area contributed by atoms with E-state index in [9.17, 15) is 14.4 Å². The number of piperazine rings is 1. The highest BCUT2D eigenvalue weighted by Gasteiger charge is 2.31. The summed E-state index contributed by atoms with van der Waals surface area (Å²) in [5, 5.41) is 3.15. The molecule has 4 aromatic rings. The summed E-state index contributed by atoms with van der Waals surface area (Å²) >= 11 is 0. The third kappa shape index (κ3) is 6.43. The molecule has 0 radical (unpaired) electrons. The zero-order chi connectivity index (χ0) is 31.6. The second-order valence-corrected chi connectivity index (χ2v) is 12.3. The van der Waals surface area contributed by atoms with Crippen molar-refractivity contribution in [3.8, 4) is 11.3 Å². The first-order valence-electron chi connectivity index (χ1n) is 14.9. The molecule has 1 N–H and O–H groups in total. The van der Waals surface area contributed by atoms with Crippen molar-refractivity contribution in [3.63, 3.8) is 0 Å². The van der Waals surface area contributed by atoms with E-state index in [-0.39, 0.29) is 23.2 Å². The van der Waals surface area contributed by atoms with Crippen LogP contribution in [0.1, 0.15) is 47.1 Å². The van der Waals surface area contributed by atoms with E-state index >= 15 is 0 Å². The first-order chi connectivity index (χ1) is 20.9. The molecule has 0 unspecified atom stereocenters. The van der Waals surface area contributed by atoms with Crippen LogP contribution in [-0.4, -0.2) is 69.9 Å². The molecule has 0 saturated carbocycles. The summed E-state index contributed by atoms with van der Waals surface area (Å²) in [5.41, 5.74) is 4.13. The molecule has 1 aliphatic heterocycles. The van der Waals surface area contributed by atoms with E-state index in [0.717, 1.165) is 29.9 Å². The first kappa shape index (κ1) is 30.7. The van der Waals surface area contributed by atoms with Crippen LogP contribution >= 0.6 is 0 Å². The number of anilines is 3. The third-order valence-electron chi connectivity index (χ3n) is 7.97. The molecule has 9 nitrogen and oxygen atoms in total. The molecule has 0 aliphatic carbocycles. The number of nitrogens with one attached hydrogen (secondary N) is 1. The number of hydrogen-bond acceptors (Lipinski definition) is 6. The fraction of sp³-hybridized carbons (Fsp3) is 0.314. The molecule has 0 spiro atoms. The number of amides is 2. The Morgan fingerprint density at radius 2 is 1.50 bits per heavy atom. The average Bonchev–Trinajstić information content (AvgIpc) is 3.00. The van der Waals surface area contributed by atoms with Crippen molar-refractivity contribution in [2.45, 2.75) is 33.2 Å². The zero-order valence-corrected chi connectivity index (χ0v) is 26.3. The maximum Gasteiger partial charge on any atom is 0.293 e. The van der Waals surface area contributed by atoms with E-state index in [1.54, 1.807) is 37.5 Å². The third-order valence-corrected chi connectivity index (χ3v) is 7.97. The van der Waals surface area contributed by atoms with Gasteiger partial charge in [-0.2, -0.15) is 0 Å². The maximum absolute atomic E-state index is 13.7. The Hall–Kier alpha value is -4.76. The quantitative estimate of drug-likeness (QED) is 0.326. The number of carbonyl (C=O) groups is 2. The Bertz CT molecular complexity index is 1720. The number of carbonyl (C=O) groups excluding carboxylic acids is 2. The smallest absolute Gasteiger partial charge is 0.293 e. The molecule has 0 atom stereocenters. The molecular formula is C35H40N6O3. The largest absolute Gasteiger partial charge is 0.336 e. The van der Waals surface area contributed by atoms with E-state index in [2.05, 4.69) is 17.3 Å². The number of aromatic nitrogens is 2. The van der Waals surface area contributed by atoms with Gasteiger partial charge in [0.25, 0.3) is 17.4 Å². The normalized spacial score (nSPS) is 13.9. The van der Waals surface area contributed by atoms with Crippen molar-refractivity contribution in [1.29, 1.82) is 0 Å². The highest BCUT2D eigenvalue weighted by atomic mass is 16.2. The highest BCUT2D eigenvalue weighted by molar-refractivity contribution is 6.07. The lowest BCUT2D eigenvalue weighted by Gasteiger charge is -2.37. The topological polar surface area (TPSA) is 90.8 Å². The summed E-state index contributed by atoms with van der Waals surface area (Å²) in [6.45, 7) is 11.1. The highest BCUT2D eigenvalue weighted by Crippen LogP contribution is 2.34. The molecule has 228 valence electrons. The number of hydrogen-bond donors (Lipinski definition) is 1. The minimum absolute atomic E-state index is 0.00564. The number of likely N-dealkylation sites (N-methyl/N-ethyl adjacent to an activating group) is 1. The predicted molar refractivity (Wildman–Crippen MR) is 176 cm³/mol. The van der Waals surface area contributed by atoms with Gasteiger partial charge in [0.1, 0.15) is 0 Å². The van der Waals surface area contributed by atoms with Crippen molar-refractivity contribution in [1.82, 2.24) is 19.4 Å². The summed E-state index contributed by atoms with van der Waals surface area (Å²) in [6.07, 6.45) is 1.71. The van der Waals surface area contributed by atoms with Gasteiger partial charge in [-0.15, -0.1) is 0 Å². The SMILES string of the molecule is Cc1c(-c2cn(C)c(=O)c(Nc3ccc(C(=O)N4CCN(C)CC4)cc3)n2)cccc1N(C(=O)c1ccccc1)C(C)(C)C. The van der Waals surface area contributed by atoms with E-state index < -0.39 is 5.54 Å². The Morgan fingerprint density at radius 1 is 0.841 bits per heavy atom. The van der Waals surface area contributed by atoms with Crippen LogP contribution in [0.25, 0.3) is 11.3 Å². The number of benzene rings is 3. The van der Waals surface area contributed by atoms with Crippen molar-refractivity contribution in [2.75, 3.05) is 43.4 Å². The molecule has 2 heterocycles. The van der Waals surface area contributed by atoms with Gasteiger partial charge in [0.15, 0.2) is 5.82 Å². The molecular weight excluding hydrogens is 552 g/mol. The van der Waals surface area contributed by atoms with Crippen LogP contribution in [0.5, 0.6) is 0 Å². The zero-order valence-electron chi connectivity index (χ0n) is 26.3. The van der Waals surface area contributed by atoms with Crippen LogP contribution in [0.4, 0.5) is 17.2 Å². The van der Waals surface area contributed by atoms with Gasteiger partial charge >= 0.3 is 0 Å².